The molecule has 6 nitrogen and oxygen atoms in total. The van der Waals surface area contributed by atoms with Crippen LogP contribution in [0.4, 0.5) is 4.79 Å². The van der Waals surface area contributed by atoms with Crippen molar-refractivity contribution in [1.29, 1.82) is 0 Å². The van der Waals surface area contributed by atoms with Crippen molar-refractivity contribution in [2.45, 2.75) is 25.8 Å². The smallest absolute Gasteiger partial charge is 0.350 e. The van der Waals surface area contributed by atoms with Crippen LogP contribution in [-0.4, -0.2) is 31.2 Å². The van der Waals surface area contributed by atoms with Gasteiger partial charge in [0.25, 0.3) is 0 Å². The van der Waals surface area contributed by atoms with E-state index in [2.05, 4.69) is 5.32 Å². The summed E-state index contributed by atoms with van der Waals surface area (Å²) in [5.41, 5.74) is 0.809. The number of nitrogens with zero attached hydrogens (tertiary/aromatic N) is 1. The lowest BCUT2D eigenvalue weighted by Gasteiger charge is -2.27. The van der Waals surface area contributed by atoms with Crippen molar-refractivity contribution in [3.63, 3.8) is 0 Å². The maximum absolute atomic E-state index is 13.1. The number of nitrogens with one attached hydrogen (secondary N) is 1. The molecule has 0 aliphatic rings. The third-order valence-electron chi connectivity index (χ3n) is 5.74. The van der Waals surface area contributed by atoms with Gasteiger partial charge in [0.05, 0.1) is 13.0 Å². The highest BCUT2D eigenvalue weighted by Gasteiger charge is 2.29. The highest BCUT2D eigenvalue weighted by Crippen LogP contribution is 2.33. The molecule has 4 aromatic rings. The average Bonchev–Trinajstić information content (AvgIpc) is 3.29. The van der Waals surface area contributed by atoms with Gasteiger partial charge in [0.2, 0.25) is 0 Å². The van der Waals surface area contributed by atoms with E-state index in [1.54, 1.807) is 25.4 Å². The van der Waals surface area contributed by atoms with Crippen LogP contribution in [0.1, 0.15) is 36.2 Å². The van der Waals surface area contributed by atoms with Gasteiger partial charge in [0.15, 0.2) is 0 Å². The minimum Gasteiger partial charge on any atom is -0.497 e. The minimum atomic E-state index is -0.557. The number of hydrogen-bond donors (Lipinski definition) is 1. The Hall–Kier alpha value is -3.58. The van der Waals surface area contributed by atoms with E-state index < -0.39 is 24.0 Å². The Kier molecular flexibility index (Phi) is 6.51. The molecule has 0 saturated heterocycles. The Bertz CT molecular complexity index is 1280. The Morgan fingerprint density at radius 3 is 2.39 bits per heavy atom. The van der Waals surface area contributed by atoms with Crippen LogP contribution < -0.4 is 10.1 Å². The van der Waals surface area contributed by atoms with Gasteiger partial charge in [0.1, 0.15) is 11.8 Å². The number of hydroxylamine groups is 2. The summed E-state index contributed by atoms with van der Waals surface area (Å²) in [6, 6.07) is 20.7. The fourth-order valence-electron chi connectivity index (χ4n) is 3.68. The second-order valence-corrected chi connectivity index (χ2v) is 8.96. The summed E-state index contributed by atoms with van der Waals surface area (Å²) in [6.07, 6.45) is 0. The molecule has 0 aliphatic carbocycles. The first-order valence-electron chi connectivity index (χ1n) is 10.7. The number of methoxy groups -OCH3 is 1. The lowest BCUT2D eigenvalue weighted by Crippen LogP contribution is -2.41. The molecule has 1 N–H and O–H groups in total. The molecular formula is C26H26N2O4S. The first-order chi connectivity index (χ1) is 15.9. The number of ether oxygens (including phenoxy) is 1. The Labute approximate surface area is 196 Å². The molecule has 1 heterocycles. The maximum atomic E-state index is 13.1. The number of hydrogen-bond acceptors (Lipinski definition) is 5. The zero-order chi connectivity index (χ0) is 23.5. The molecule has 4 rings (SSSR count). The van der Waals surface area contributed by atoms with Crippen LogP contribution in [0.25, 0.3) is 20.9 Å². The summed E-state index contributed by atoms with van der Waals surface area (Å²) in [6.45, 7) is 3.63. The molecule has 2 amide bonds. The van der Waals surface area contributed by atoms with Crippen LogP contribution in [0.2, 0.25) is 0 Å². The van der Waals surface area contributed by atoms with E-state index in [1.165, 1.54) is 7.05 Å². The monoisotopic (exact) mass is 462 g/mol. The molecule has 33 heavy (non-hydrogen) atoms. The molecule has 170 valence electrons. The van der Waals surface area contributed by atoms with Crippen LogP contribution >= 0.6 is 11.3 Å². The van der Waals surface area contributed by atoms with Gasteiger partial charge in [-0.15, -0.1) is 16.4 Å². The Morgan fingerprint density at radius 2 is 1.67 bits per heavy atom. The van der Waals surface area contributed by atoms with Crippen LogP contribution in [0, 0.1) is 0 Å². The summed E-state index contributed by atoms with van der Waals surface area (Å²) in [5, 5.41) is 6.80. The molecule has 2 unspecified atom stereocenters. The highest BCUT2D eigenvalue weighted by molar-refractivity contribution is 7.19. The molecule has 1 aromatic heterocycles. The minimum absolute atomic E-state index is 0.442. The zero-order valence-electron chi connectivity index (χ0n) is 19.0. The van der Waals surface area contributed by atoms with E-state index in [4.69, 9.17) is 9.57 Å². The summed E-state index contributed by atoms with van der Waals surface area (Å²) in [7, 11) is 3.15. The van der Waals surface area contributed by atoms with E-state index in [0.717, 1.165) is 42.1 Å². The first-order valence-corrected chi connectivity index (χ1v) is 11.5. The molecule has 0 aliphatic heterocycles. The average molecular weight is 463 g/mol. The standard InChI is InChI=1S/C26H26N2O4S/c1-16(18-9-10-20-14-22(31-4)12-11-19(20)13-18)25(29)32-28(26(30)27-3)17(2)24-15-21-7-5-6-8-23(21)33-24/h5-17H,1-4H3,(H,27,30). The van der Waals surface area contributed by atoms with Gasteiger partial charge < -0.3 is 14.9 Å². The third-order valence-corrected chi connectivity index (χ3v) is 7.02. The molecular weight excluding hydrogens is 436 g/mol. The van der Waals surface area contributed by atoms with E-state index in [-0.39, 0.29) is 0 Å². The predicted octanol–water partition coefficient (Wildman–Crippen LogP) is 6.03. The van der Waals surface area contributed by atoms with E-state index in [0.29, 0.717) is 0 Å². The van der Waals surface area contributed by atoms with Crippen molar-refractivity contribution in [1.82, 2.24) is 10.4 Å². The number of thiophene rings is 1. The number of amides is 2. The summed E-state index contributed by atoms with van der Waals surface area (Å²) in [4.78, 5) is 32.2. The van der Waals surface area contributed by atoms with E-state index in [1.807, 2.05) is 73.7 Å². The van der Waals surface area contributed by atoms with Crippen LogP contribution in [0.3, 0.4) is 0 Å². The van der Waals surface area contributed by atoms with Crippen molar-refractivity contribution < 1.29 is 19.2 Å². The number of carbonyl (C=O) groups is 2. The van der Waals surface area contributed by atoms with Crippen LogP contribution in [0.15, 0.2) is 66.7 Å². The normalized spacial score (nSPS) is 12.8. The van der Waals surface area contributed by atoms with Gasteiger partial charge in [0, 0.05) is 16.6 Å². The topological polar surface area (TPSA) is 67.9 Å². The van der Waals surface area contributed by atoms with Gasteiger partial charge in [-0.05, 0) is 59.8 Å². The maximum Gasteiger partial charge on any atom is 0.350 e. The lowest BCUT2D eigenvalue weighted by atomic mass is 9.98. The van der Waals surface area contributed by atoms with E-state index >= 15 is 0 Å². The number of carbonyl (C=O) groups excluding carboxylic acids is 2. The second kappa shape index (κ2) is 9.50. The summed E-state index contributed by atoms with van der Waals surface area (Å²) >= 11 is 1.57. The van der Waals surface area contributed by atoms with Crippen LogP contribution in [-0.2, 0) is 9.63 Å². The van der Waals surface area contributed by atoms with Gasteiger partial charge in [-0.25, -0.2) is 9.59 Å². The van der Waals surface area contributed by atoms with Crippen molar-refractivity contribution in [3.05, 3.63) is 77.2 Å². The van der Waals surface area contributed by atoms with Crippen LogP contribution in [0.5, 0.6) is 5.75 Å². The van der Waals surface area contributed by atoms with Gasteiger partial charge in [-0.2, -0.15) is 0 Å². The second-order valence-electron chi connectivity index (χ2n) is 7.85. The van der Waals surface area contributed by atoms with Crippen molar-refractivity contribution in [2.24, 2.45) is 0 Å². The quantitative estimate of drug-likeness (QED) is 0.368. The summed E-state index contributed by atoms with van der Waals surface area (Å²) in [5.74, 6) is -0.281. The molecule has 0 radical (unpaired) electrons. The van der Waals surface area contributed by atoms with E-state index in [9.17, 15) is 9.59 Å². The molecule has 0 fully saturated rings. The molecule has 3 aromatic carbocycles. The first kappa shape index (κ1) is 22.6. The van der Waals surface area contributed by atoms with Gasteiger partial charge in [-0.1, -0.05) is 42.5 Å². The zero-order valence-corrected chi connectivity index (χ0v) is 19.8. The third kappa shape index (κ3) is 4.64. The number of fused-ring (bicyclic) bond motifs is 2. The summed E-state index contributed by atoms with van der Waals surface area (Å²) < 4.78 is 6.39. The molecule has 2 atom stereocenters. The van der Waals surface area contributed by atoms with Crippen molar-refractivity contribution >= 4 is 44.2 Å². The van der Waals surface area contributed by atoms with Crippen molar-refractivity contribution in [2.75, 3.05) is 14.2 Å². The largest absolute Gasteiger partial charge is 0.497 e. The highest BCUT2D eigenvalue weighted by atomic mass is 32.1. The fraction of sp³-hybridized carbons (Fsp3) is 0.231. The molecule has 0 spiro atoms. The molecule has 7 heteroatoms. The predicted molar refractivity (Wildman–Crippen MR) is 132 cm³/mol. The number of rotatable bonds is 5. The number of urea groups is 1. The van der Waals surface area contributed by atoms with Gasteiger partial charge >= 0.3 is 12.0 Å². The lowest BCUT2D eigenvalue weighted by molar-refractivity contribution is -0.185. The molecule has 0 saturated carbocycles. The van der Waals surface area contributed by atoms with Gasteiger partial charge in [-0.3, -0.25) is 0 Å². The van der Waals surface area contributed by atoms with Crippen molar-refractivity contribution in [3.8, 4) is 5.75 Å². The Balaban J connectivity index is 1.56. The Morgan fingerprint density at radius 1 is 0.939 bits per heavy atom. The number of benzene rings is 3. The molecule has 0 bridgehead atoms. The SMILES string of the molecule is CNC(=O)N(OC(=O)C(C)c1ccc2cc(OC)ccc2c1)C(C)c1cc2ccccc2s1. The fourth-order valence-corrected chi connectivity index (χ4v) is 4.78.